The van der Waals surface area contributed by atoms with Crippen molar-refractivity contribution in [3.63, 3.8) is 0 Å². The number of hydrogen-bond donors (Lipinski definition) is 2. The minimum Gasteiger partial charge on any atom is -0.356 e. The van der Waals surface area contributed by atoms with Crippen LogP contribution in [0.5, 0.6) is 0 Å². The predicted octanol–water partition coefficient (Wildman–Crippen LogP) is 1.26. The van der Waals surface area contributed by atoms with Crippen LogP contribution in [0.1, 0.15) is 34.6 Å². The summed E-state index contributed by atoms with van der Waals surface area (Å²) in [6, 6.07) is 0. The smallest absolute Gasteiger partial charge is 0.216 e. The lowest BCUT2D eigenvalue weighted by atomic mass is 9.95. The van der Waals surface area contributed by atoms with Crippen molar-refractivity contribution >= 4 is 5.91 Å². The molecular formula is C13H31N3O2. The Kier molecular flexibility index (Phi) is 12.5. The SMILES string of the molecule is CC.CNCCN(C)OCC(C)(C)CNC(C)=O. The van der Waals surface area contributed by atoms with Crippen LogP contribution in [0.2, 0.25) is 0 Å². The molecule has 0 saturated heterocycles. The van der Waals surface area contributed by atoms with Crippen molar-refractivity contribution in [3.8, 4) is 0 Å². The molecule has 5 heteroatoms. The summed E-state index contributed by atoms with van der Waals surface area (Å²) in [6.07, 6.45) is 0. The van der Waals surface area contributed by atoms with Gasteiger partial charge in [-0.2, -0.15) is 5.06 Å². The van der Waals surface area contributed by atoms with Crippen LogP contribution in [-0.4, -0.2) is 51.3 Å². The fourth-order valence-electron chi connectivity index (χ4n) is 1.03. The maximum atomic E-state index is 10.8. The van der Waals surface area contributed by atoms with Crippen LogP contribution in [0.15, 0.2) is 0 Å². The molecule has 0 atom stereocenters. The van der Waals surface area contributed by atoms with Gasteiger partial charge in [0.1, 0.15) is 0 Å². The zero-order valence-corrected chi connectivity index (χ0v) is 13.1. The van der Waals surface area contributed by atoms with Crippen molar-refractivity contribution < 1.29 is 9.63 Å². The predicted molar refractivity (Wildman–Crippen MR) is 76.3 cm³/mol. The Morgan fingerprint density at radius 1 is 1.33 bits per heavy atom. The summed E-state index contributed by atoms with van der Waals surface area (Å²) in [5, 5.41) is 7.67. The van der Waals surface area contributed by atoms with Gasteiger partial charge in [0.25, 0.3) is 0 Å². The van der Waals surface area contributed by atoms with E-state index in [1.165, 1.54) is 6.92 Å². The van der Waals surface area contributed by atoms with Crippen LogP contribution in [0.25, 0.3) is 0 Å². The summed E-state index contributed by atoms with van der Waals surface area (Å²) in [4.78, 5) is 16.4. The highest BCUT2D eigenvalue weighted by molar-refractivity contribution is 5.72. The van der Waals surface area contributed by atoms with Crippen molar-refractivity contribution in [1.29, 1.82) is 0 Å². The third-order valence-electron chi connectivity index (χ3n) is 2.17. The fraction of sp³-hybridized carbons (Fsp3) is 0.923. The van der Waals surface area contributed by atoms with Gasteiger partial charge in [-0.05, 0) is 7.05 Å². The molecule has 1 amide bonds. The number of rotatable bonds is 8. The second kappa shape index (κ2) is 11.4. The minimum atomic E-state index is -0.0560. The number of nitrogens with one attached hydrogen (secondary N) is 2. The van der Waals surface area contributed by atoms with Gasteiger partial charge in [0.2, 0.25) is 5.91 Å². The van der Waals surface area contributed by atoms with Gasteiger partial charge >= 0.3 is 0 Å². The second-order valence-corrected chi connectivity index (χ2v) is 4.80. The van der Waals surface area contributed by atoms with E-state index < -0.39 is 0 Å². The Hall–Kier alpha value is -0.650. The van der Waals surface area contributed by atoms with Crippen LogP contribution in [0.4, 0.5) is 0 Å². The second-order valence-electron chi connectivity index (χ2n) is 4.80. The summed E-state index contributed by atoms with van der Waals surface area (Å²) < 4.78 is 0. The van der Waals surface area contributed by atoms with Crippen LogP contribution >= 0.6 is 0 Å². The van der Waals surface area contributed by atoms with E-state index in [-0.39, 0.29) is 11.3 Å². The zero-order valence-electron chi connectivity index (χ0n) is 13.1. The van der Waals surface area contributed by atoms with E-state index in [1.54, 1.807) is 0 Å². The number of nitrogens with zero attached hydrogens (tertiary/aromatic N) is 1. The fourth-order valence-corrected chi connectivity index (χ4v) is 1.03. The van der Waals surface area contributed by atoms with Crippen molar-refractivity contribution in [1.82, 2.24) is 15.7 Å². The van der Waals surface area contributed by atoms with Gasteiger partial charge < -0.3 is 10.6 Å². The number of amides is 1. The molecule has 18 heavy (non-hydrogen) atoms. The standard InChI is InChI=1S/C11H25N3O2.C2H6/c1-10(15)13-8-11(2,3)9-16-14(5)7-6-12-4;1-2/h12H,6-9H2,1-5H3,(H,13,15);1-2H3. The highest BCUT2D eigenvalue weighted by atomic mass is 16.7. The van der Waals surface area contributed by atoms with Crippen molar-refractivity contribution in [2.45, 2.75) is 34.6 Å². The lowest BCUT2D eigenvalue weighted by Crippen LogP contribution is -2.38. The first-order chi connectivity index (χ1) is 8.37. The molecule has 0 radical (unpaired) electrons. The number of hydroxylamine groups is 2. The molecule has 5 nitrogen and oxygen atoms in total. The molecule has 0 aliphatic heterocycles. The largest absolute Gasteiger partial charge is 0.356 e. The summed E-state index contributed by atoms with van der Waals surface area (Å²) >= 11 is 0. The van der Waals surface area contributed by atoms with Crippen LogP contribution in [0, 0.1) is 5.41 Å². The molecule has 2 N–H and O–H groups in total. The average molecular weight is 261 g/mol. The van der Waals surface area contributed by atoms with Gasteiger partial charge in [-0.3, -0.25) is 9.63 Å². The molecule has 110 valence electrons. The Labute approximate surface area is 112 Å². The lowest BCUT2D eigenvalue weighted by molar-refractivity contribution is -0.161. The Morgan fingerprint density at radius 3 is 2.33 bits per heavy atom. The third-order valence-corrected chi connectivity index (χ3v) is 2.17. The van der Waals surface area contributed by atoms with Gasteiger partial charge in [-0.1, -0.05) is 27.7 Å². The van der Waals surface area contributed by atoms with E-state index in [9.17, 15) is 4.79 Å². The summed E-state index contributed by atoms with van der Waals surface area (Å²) in [6.45, 7) is 12.6. The molecule has 0 heterocycles. The average Bonchev–Trinajstić information content (AvgIpc) is 2.34. The van der Waals surface area contributed by atoms with Crippen LogP contribution in [-0.2, 0) is 9.63 Å². The van der Waals surface area contributed by atoms with E-state index in [1.807, 2.05) is 33.0 Å². The van der Waals surface area contributed by atoms with E-state index in [0.29, 0.717) is 13.2 Å². The van der Waals surface area contributed by atoms with Gasteiger partial charge in [-0.15, -0.1) is 0 Å². The minimum absolute atomic E-state index is 0.00314. The van der Waals surface area contributed by atoms with Crippen molar-refractivity contribution in [2.24, 2.45) is 5.41 Å². The van der Waals surface area contributed by atoms with Crippen LogP contribution in [0.3, 0.4) is 0 Å². The molecule has 0 fully saturated rings. The van der Waals surface area contributed by atoms with Crippen molar-refractivity contribution in [2.75, 3.05) is 40.3 Å². The molecule has 0 spiro atoms. The summed E-state index contributed by atoms with van der Waals surface area (Å²) in [5.74, 6) is -0.00314. The monoisotopic (exact) mass is 261 g/mol. The lowest BCUT2D eigenvalue weighted by Gasteiger charge is -2.27. The van der Waals surface area contributed by atoms with Gasteiger partial charge in [0.05, 0.1) is 6.61 Å². The first-order valence-electron chi connectivity index (χ1n) is 6.60. The normalized spacial score (nSPS) is 10.9. The number of hydrogen-bond acceptors (Lipinski definition) is 4. The van der Waals surface area contributed by atoms with Gasteiger partial charge in [0.15, 0.2) is 0 Å². The number of likely N-dealkylation sites (N-methyl/N-ethyl adjacent to an activating group) is 2. The number of carbonyl (C=O) groups is 1. The molecule has 0 rings (SSSR count). The maximum Gasteiger partial charge on any atom is 0.216 e. The van der Waals surface area contributed by atoms with Crippen molar-refractivity contribution in [3.05, 3.63) is 0 Å². The molecule has 0 aromatic carbocycles. The molecule has 0 unspecified atom stereocenters. The Balaban J connectivity index is 0. The van der Waals surface area contributed by atoms with E-state index in [0.717, 1.165) is 13.1 Å². The molecule has 0 aromatic rings. The zero-order chi connectivity index (χ0) is 14.6. The molecule has 0 aliphatic carbocycles. The van der Waals surface area contributed by atoms with E-state index >= 15 is 0 Å². The van der Waals surface area contributed by atoms with Crippen LogP contribution < -0.4 is 10.6 Å². The first-order valence-corrected chi connectivity index (χ1v) is 6.60. The van der Waals surface area contributed by atoms with E-state index in [2.05, 4.69) is 24.5 Å². The molecule has 0 aromatic heterocycles. The molecule has 0 aliphatic rings. The highest BCUT2D eigenvalue weighted by Crippen LogP contribution is 2.14. The quantitative estimate of drug-likeness (QED) is 0.646. The van der Waals surface area contributed by atoms with E-state index in [4.69, 9.17) is 4.84 Å². The molecule has 0 bridgehead atoms. The first kappa shape index (κ1) is 19.7. The topological polar surface area (TPSA) is 53.6 Å². The number of carbonyl (C=O) groups excluding carboxylic acids is 1. The Bertz CT molecular complexity index is 208. The summed E-state index contributed by atoms with van der Waals surface area (Å²) in [5.41, 5.74) is -0.0560. The third kappa shape index (κ3) is 13.4. The Morgan fingerprint density at radius 2 is 1.89 bits per heavy atom. The summed E-state index contributed by atoms with van der Waals surface area (Å²) in [7, 11) is 3.82. The van der Waals surface area contributed by atoms with Gasteiger partial charge in [0, 0.05) is 39.0 Å². The highest BCUT2D eigenvalue weighted by Gasteiger charge is 2.19. The maximum absolute atomic E-state index is 10.8. The molecular weight excluding hydrogens is 230 g/mol. The van der Waals surface area contributed by atoms with Gasteiger partial charge in [-0.25, -0.2) is 0 Å². The molecule has 0 saturated carbocycles.